The zero-order valence-electron chi connectivity index (χ0n) is 19.4. The van der Waals surface area contributed by atoms with E-state index in [9.17, 15) is 26.7 Å². The third kappa shape index (κ3) is 4.89. The standard InChI is InChI=1S/C26H20F5N5O/c1-35-12-17-11-18(7-8-19(17)34-35)36-13-16-6-9-21(33-25(31)24(29)30)32-23(16)22(26(36)37)15-4-2-14(3-5-15)10-20(27)28/h2-9,11-13,20,24-25H,10H2,1H3,(H,32,33). The number of alkyl halides is 5. The molecule has 1 unspecified atom stereocenters. The minimum absolute atomic E-state index is 0.114. The predicted molar refractivity (Wildman–Crippen MR) is 131 cm³/mol. The van der Waals surface area contributed by atoms with E-state index in [0.29, 0.717) is 22.2 Å². The van der Waals surface area contributed by atoms with Crippen LogP contribution in [0, 0.1) is 0 Å². The van der Waals surface area contributed by atoms with Crippen molar-refractivity contribution < 1.29 is 22.0 Å². The summed E-state index contributed by atoms with van der Waals surface area (Å²) in [5.74, 6) is -0.176. The molecule has 37 heavy (non-hydrogen) atoms. The molecule has 0 aliphatic heterocycles. The van der Waals surface area contributed by atoms with Gasteiger partial charge in [0.05, 0.1) is 16.6 Å². The van der Waals surface area contributed by atoms with Crippen LogP contribution in [-0.4, -0.2) is 38.5 Å². The van der Waals surface area contributed by atoms with Crippen molar-refractivity contribution in [1.29, 1.82) is 0 Å². The van der Waals surface area contributed by atoms with Crippen LogP contribution in [0.4, 0.5) is 27.8 Å². The molecule has 11 heteroatoms. The largest absolute Gasteiger partial charge is 0.336 e. The fraction of sp³-hybridized carbons (Fsp3) is 0.192. The summed E-state index contributed by atoms with van der Waals surface area (Å²) in [5, 5.41) is 7.63. The lowest BCUT2D eigenvalue weighted by Crippen LogP contribution is -2.23. The third-order valence-corrected chi connectivity index (χ3v) is 5.88. The number of nitrogens with one attached hydrogen (secondary N) is 1. The second kappa shape index (κ2) is 9.64. The van der Waals surface area contributed by atoms with Crippen LogP contribution in [0.2, 0.25) is 0 Å². The van der Waals surface area contributed by atoms with E-state index >= 15 is 0 Å². The molecule has 3 heterocycles. The van der Waals surface area contributed by atoms with Crippen LogP contribution in [0.1, 0.15) is 5.56 Å². The Morgan fingerprint density at radius 2 is 1.68 bits per heavy atom. The van der Waals surface area contributed by atoms with Crippen molar-refractivity contribution in [3.8, 4) is 16.8 Å². The maximum absolute atomic E-state index is 13.8. The van der Waals surface area contributed by atoms with E-state index in [1.165, 1.54) is 41.0 Å². The normalized spacial score (nSPS) is 12.6. The summed E-state index contributed by atoms with van der Waals surface area (Å²) in [5.41, 5.74) is 1.85. The van der Waals surface area contributed by atoms with E-state index in [2.05, 4.69) is 10.1 Å². The van der Waals surface area contributed by atoms with Crippen LogP contribution in [0.3, 0.4) is 0 Å². The number of nitrogens with zero attached hydrogens (tertiary/aromatic N) is 4. The number of halogens is 5. The molecule has 6 nitrogen and oxygen atoms in total. The van der Waals surface area contributed by atoms with Crippen molar-refractivity contribution in [2.45, 2.75) is 25.6 Å². The Labute approximate surface area is 207 Å². The highest BCUT2D eigenvalue weighted by atomic mass is 19.3. The van der Waals surface area contributed by atoms with Crippen molar-refractivity contribution >= 4 is 27.6 Å². The number of aromatic nitrogens is 4. The summed E-state index contributed by atoms with van der Waals surface area (Å²) in [6.07, 6.45) is -5.52. The highest BCUT2D eigenvalue weighted by molar-refractivity contribution is 5.94. The molecule has 0 aliphatic rings. The van der Waals surface area contributed by atoms with Crippen molar-refractivity contribution in [3.63, 3.8) is 0 Å². The zero-order valence-corrected chi connectivity index (χ0v) is 19.4. The number of hydrogen-bond acceptors (Lipinski definition) is 4. The Morgan fingerprint density at radius 1 is 0.919 bits per heavy atom. The molecule has 0 aliphatic carbocycles. The maximum atomic E-state index is 13.8. The predicted octanol–water partition coefficient (Wildman–Crippen LogP) is 5.72. The minimum Gasteiger partial charge on any atom is -0.336 e. The average Bonchev–Trinajstić information content (AvgIpc) is 3.23. The van der Waals surface area contributed by atoms with Crippen LogP contribution in [0.5, 0.6) is 0 Å². The van der Waals surface area contributed by atoms with Gasteiger partial charge in [0.15, 0.2) is 0 Å². The van der Waals surface area contributed by atoms with E-state index < -0.39 is 31.1 Å². The molecule has 0 bridgehead atoms. The Hall–Kier alpha value is -4.28. The molecule has 3 aromatic heterocycles. The molecule has 1 N–H and O–H groups in total. The molecule has 0 radical (unpaired) electrons. The molecule has 1 atom stereocenters. The van der Waals surface area contributed by atoms with Crippen LogP contribution in [0.25, 0.3) is 38.6 Å². The van der Waals surface area contributed by atoms with Crippen molar-refractivity contribution in [1.82, 2.24) is 19.3 Å². The minimum atomic E-state index is -3.27. The molecule has 5 aromatic rings. The van der Waals surface area contributed by atoms with Gasteiger partial charge in [-0.1, -0.05) is 24.3 Å². The van der Waals surface area contributed by atoms with Crippen LogP contribution >= 0.6 is 0 Å². The van der Waals surface area contributed by atoms with E-state index in [-0.39, 0.29) is 16.9 Å². The van der Waals surface area contributed by atoms with Gasteiger partial charge >= 0.3 is 0 Å². The number of rotatable bonds is 7. The molecule has 0 saturated heterocycles. The molecular formula is C26H20F5N5O. The number of aryl methyl sites for hydroxylation is 1. The van der Waals surface area contributed by atoms with Gasteiger partial charge in [-0.05, 0) is 41.5 Å². The van der Waals surface area contributed by atoms with Gasteiger partial charge in [0.25, 0.3) is 12.0 Å². The van der Waals surface area contributed by atoms with Gasteiger partial charge in [-0.25, -0.2) is 26.9 Å². The molecule has 5 rings (SSSR count). The average molecular weight is 513 g/mol. The van der Waals surface area contributed by atoms with E-state index in [1.54, 1.807) is 36.1 Å². The first kappa shape index (κ1) is 24.4. The van der Waals surface area contributed by atoms with Crippen LogP contribution < -0.4 is 10.9 Å². The lowest BCUT2D eigenvalue weighted by atomic mass is 10.0. The van der Waals surface area contributed by atoms with Crippen LogP contribution in [0.15, 0.2) is 71.8 Å². The zero-order chi connectivity index (χ0) is 26.3. The Balaban J connectivity index is 1.71. The quantitative estimate of drug-likeness (QED) is 0.223. The molecule has 0 saturated carbocycles. The lowest BCUT2D eigenvalue weighted by Gasteiger charge is -2.15. The summed E-state index contributed by atoms with van der Waals surface area (Å²) in [6, 6.07) is 14.2. The second-order valence-electron chi connectivity index (χ2n) is 8.53. The van der Waals surface area contributed by atoms with E-state index in [4.69, 9.17) is 0 Å². The summed E-state index contributed by atoms with van der Waals surface area (Å²) in [4.78, 5) is 18.1. The SMILES string of the molecule is Cn1cc2cc(-n3cc4ccc(NC(F)C(F)F)nc4c(-c4ccc(CC(F)F)cc4)c3=O)ccc2n1. The fourth-order valence-corrected chi connectivity index (χ4v) is 4.20. The van der Waals surface area contributed by atoms with E-state index in [1.807, 2.05) is 11.5 Å². The smallest absolute Gasteiger partial charge is 0.287 e. The fourth-order valence-electron chi connectivity index (χ4n) is 4.20. The molecule has 0 fully saturated rings. The topological polar surface area (TPSA) is 64.7 Å². The van der Waals surface area contributed by atoms with Crippen molar-refractivity contribution in [2.24, 2.45) is 7.05 Å². The van der Waals surface area contributed by atoms with Gasteiger partial charge in [0.1, 0.15) is 5.82 Å². The lowest BCUT2D eigenvalue weighted by molar-refractivity contribution is 0.0649. The third-order valence-electron chi connectivity index (χ3n) is 5.88. The summed E-state index contributed by atoms with van der Waals surface area (Å²) in [6.45, 7) is 0. The Morgan fingerprint density at radius 3 is 2.38 bits per heavy atom. The number of benzene rings is 2. The molecular weight excluding hydrogens is 493 g/mol. The highest BCUT2D eigenvalue weighted by Crippen LogP contribution is 2.28. The number of fused-ring (bicyclic) bond motifs is 2. The van der Waals surface area contributed by atoms with Crippen molar-refractivity contribution in [2.75, 3.05) is 5.32 Å². The Kier molecular flexibility index (Phi) is 6.36. The van der Waals surface area contributed by atoms with Gasteiger partial charge in [-0.3, -0.25) is 14.0 Å². The first-order chi connectivity index (χ1) is 17.7. The molecule has 0 spiro atoms. The number of hydrogen-bond donors (Lipinski definition) is 1. The molecule has 190 valence electrons. The van der Waals surface area contributed by atoms with Gasteiger partial charge < -0.3 is 5.32 Å². The Bertz CT molecular complexity index is 1650. The summed E-state index contributed by atoms with van der Waals surface area (Å²) < 4.78 is 67.8. The first-order valence-electron chi connectivity index (χ1n) is 11.3. The van der Waals surface area contributed by atoms with E-state index in [0.717, 1.165) is 10.9 Å². The van der Waals surface area contributed by atoms with Crippen LogP contribution in [-0.2, 0) is 13.5 Å². The summed E-state index contributed by atoms with van der Waals surface area (Å²) in [7, 11) is 1.78. The van der Waals surface area contributed by atoms with Gasteiger partial charge in [0.2, 0.25) is 12.7 Å². The van der Waals surface area contributed by atoms with Crippen molar-refractivity contribution in [3.05, 3.63) is 82.9 Å². The summed E-state index contributed by atoms with van der Waals surface area (Å²) >= 11 is 0. The van der Waals surface area contributed by atoms with Gasteiger partial charge in [0, 0.05) is 42.3 Å². The highest BCUT2D eigenvalue weighted by Gasteiger charge is 2.21. The van der Waals surface area contributed by atoms with Gasteiger partial charge in [-0.15, -0.1) is 0 Å². The monoisotopic (exact) mass is 513 g/mol. The number of anilines is 1. The second-order valence-corrected chi connectivity index (χ2v) is 8.53. The number of pyridine rings is 2. The maximum Gasteiger partial charge on any atom is 0.287 e. The first-order valence-corrected chi connectivity index (χ1v) is 11.3. The van der Waals surface area contributed by atoms with Gasteiger partial charge in [-0.2, -0.15) is 5.10 Å². The molecule has 2 aromatic carbocycles. The molecule has 0 amide bonds.